The maximum Gasteiger partial charge on any atom is 0.287 e. The highest BCUT2D eigenvalue weighted by molar-refractivity contribution is 5.74. The van der Waals surface area contributed by atoms with Crippen molar-refractivity contribution in [3.05, 3.63) is 35.4 Å². The lowest BCUT2D eigenvalue weighted by atomic mass is 10.0. The molecular weight excluding hydrogens is 238 g/mol. The molecule has 1 aromatic rings. The van der Waals surface area contributed by atoms with Gasteiger partial charge in [0.15, 0.2) is 0 Å². The SMILES string of the molecule is CN=C(OC1CCNC1)N1CCc2ccccc2C1. The Hall–Kier alpha value is -1.55. The Labute approximate surface area is 114 Å². The summed E-state index contributed by atoms with van der Waals surface area (Å²) in [5, 5.41) is 3.32. The van der Waals surface area contributed by atoms with Gasteiger partial charge >= 0.3 is 0 Å². The summed E-state index contributed by atoms with van der Waals surface area (Å²) in [6, 6.07) is 9.43. The van der Waals surface area contributed by atoms with E-state index in [2.05, 4.69) is 39.5 Å². The van der Waals surface area contributed by atoms with E-state index in [0.29, 0.717) is 0 Å². The van der Waals surface area contributed by atoms with Gasteiger partial charge in [0.05, 0.1) is 0 Å². The van der Waals surface area contributed by atoms with Crippen LogP contribution in [-0.4, -0.2) is 43.7 Å². The number of nitrogens with zero attached hydrogens (tertiary/aromatic N) is 2. The van der Waals surface area contributed by atoms with E-state index in [-0.39, 0.29) is 6.10 Å². The molecule has 0 aliphatic carbocycles. The number of amidine groups is 1. The third-order valence-electron chi connectivity index (χ3n) is 3.88. The van der Waals surface area contributed by atoms with Gasteiger partial charge in [-0.25, -0.2) is 4.99 Å². The molecule has 0 bridgehead atoms. The van der Waals surface area contributed by atoms with Gasteiger partial charge in [-0.1, -0.05) is 24.3 Å². The van der Waals surface area contributed by atoms with Gasteiger partial charge in [0.1, 0.15) is 6.10 Å². The highest BCUT2D eigenvalue weighted by atomic mass is 16.5. The number of aliphatic imine (C=N–C) groups is 1. The summed E-state index contributed by atoms with van der Waals surface area (Å²) < 4.78 is 6.03. The minimum atomic E-state index is 0.274. The highest BCUT2D eigenvalue weighted by Crippen LogP contribution is 2.19. The van der Waals surface area contributed by atoms with E-state index >= 15 is 0 Å². The number of fused-ring (bicyclic) bond motifs is 1. The molecule has 3 rings (SSSR count). The van der Waals surface area contributed by atoms with Crippen molar-refractivity contribution in [2.45, 2.75) is 25.5 Å². The second-order valence-corrected chi connectivity index (χ2v) is 5.18. The third kappa shape index (κ3) is 2.73. The molecule has 1 unspecified atom stereocenters. The van der Waals surface area contributed by atoms with Crippen LogP contribution in [0.2, 0.25) is 0 Å². The maximum absolute atomic E-state index is 6.03. The van der Waals surface area contributed by atoms with Crippen LogP contribution in [0.25, 0.3) is 0 Å². The molecule has 1 fully saturated rings. The Morgan fingerprint density at radius 1 is 1.37 bits per heavy atom. The lowest BCUT2D eigenvalue weighted by Crippen LogP contribution is -2.39. The summed E-state index contributed by atoms with van der Waals surface area (Å²) in [7, 11) is 1.82. The Balaban J connectivity index is 1.68. The van der Waals surface area contributed by atoms with Crippen LogP contribution < -0.4 is 5.32 Å². The van der Waals surface area contributed by atoms with E-state index in [1.165, 1.54) is 11.1 Å². The van der Waals surface area contributed by atoms with E-state index in [1.807, 2.05) is 7.05 Å². The minimum Gasteiger partial charge on any atom is -0.460 e. The third-order valence-corrected chi connectivity index (χ3v) is 3.88. The van der Waals surface area contributed by atoms with E-state index in [4.69, 9.17) is 4.74 Å². The molecule has 1 atom stereocenters. The first-order valence-corrected chi connectivity index (χ1v) is 7.02. The molecule has 2 heterocycles. The number of hydrogen-bond donors (Lipinski definition) is 1. The molecule has 1 saturated heterocycles. The Kier molecular flexibility index (Phi) is 3.69. The number of benzene rings is 1. The normalized spacial score (nSPS) is 23.3. The first kappa shape index (κ1) is 12.5. The number of nitrogens with one attached hydrogen (secondary N) is 1. The number of ether oxygens (including phenoxy) is 1. The fourth-order valence-electron chi connectivity index (χ4n) is 2.81. The van der Waals surface area contributed by atoms with Crippen LogP contribution in [-0.2, 0) is 17.7 Å². The van der Waals surface area contributed by atoms with E-state index in [1.54, 1.807) is 0 Å². The van der Waals surface area contributed by atoms with Gasteiger partial charge in [-0.15, -0.1) is 0 Å². The smallest absolute Gasteiger partial charge is 0.287 e. The summed E-state index contributed by atoms with van der Waals surface area (Å²) in [4.78, 5) is 6.59. The highest BCUT2D eigenvalue weighted by Gasteiger charge is 2.23. The predicted molar refractivity (Wildman–Crippen MR) is 76.3 cm³/mol. The van der Waals surface area contributed by atoms with E-state index < -0.39 is 0 Å². The average molecular weight is 259 g/mol. The van der Waals surface area contributed by atoms with Crippen molar-refractivity contribution in [1.82, 2.24) is 10.2 Å². The molecule has 4 heteroatoms. The molecule has 19 heavy (non-hydrogen) atoms. The van der Waals surface area contributed by atoms with Crippen molar-refractivity contribution in [3.8, 4) is 0 Å². The zero-order chi connectivity index (χ0) is 13.1. The van der Waals surface area contributed by atoms with Gasteiger partial charge in [0.2, 0.25) is 0 Å². The minimum absolute atomic E-state index is 0.274. The van der Waals surface area contributed by atoms with Gasteiger partial charge in [0.25, 0.3) is 6.02 Å². The van der Waals surface area contributed by atoms with Crippen molar-refractivity contribution in [2.24, 2.45) is 4.99 Å². The monoisotopic (exact) mass is 259 g/mol. The summed E-state index contributed by atoms with van der Waals surface area (Å²) >= 11 is 0. The zero-order valence-corrected chi connectivity index (χ0v) is 11.4. The summed E-state index contributed by atoms with van der Waals surface area (Å²) in [5.74, 6) is 0. The van der Waals surface area contributed by atoms with Crippen LogP contribution >= 0.6 is 0 Å². The van der Waals surface area contributed by atoms with Crippen LogP contribution in [0.15, 0.2) is 29.3 Å². The topological polar surface area (TPSA) is 36.9 Å². The van der Waals surface area contributed by atoms with Gasteiger partial charge in [-0.05, 0) is 30.5 Å². The molecule has 0 saturated carbocycles. The fourth-order valence-corrected chi connectivity index (χ4v) is 2.81. The average Bonchev–Trinajstić information content (AvgIpc) is 2.97. The Bertz CT molecular complexity index is 466. The molecule has 0 spiro atoms. The molecule has 2 aliphatic heterocycles. The molecule has 0 aromatic heterocycles. The first-order valence-electron chi connectivity index (χ1n) is 7.02. The lowest BCUT2D eigenvalue weighted by molar-refractivity contribution is 0.158. The molecule has 0 amide bonds. The van der Waals surface area contributed by atoms with Crippen molar-refractivity contribution in [1.29, 1.82) is 0 Å². The Morgan fingerprint density at radius 3 is 2.95 bits per heavy atom. The predicted octanol–water partition coefficient (Wildman–Crippen LogP) is 1.41. The molecule has 2 aliphatic rings. The standard InChI is InChI=1S/C15H21N3O/c1-16-15(19-14-6-8-17-10-14)18-9-7-12-4-2-3-5-13(12)11-18/h2-5,14,17H,6-11H2,1H3. The zero-order valence-electron chi connectivity index (χ0n) is 11.4. The molecule has 102 valence electrons. The van der Waals surface area contributed by atoms with Crippen molar-refractivity contribution in [2.75, 3.05) is 26.7 Å². The van der Waals surface area contributed by atoms with Gasteiger partial charge in [-0.2, -0.15) is 0 Å². The van der Waals surface area contributed by atoms with Crippen molar-refractivity contribution in [3.63, 3.8) is 0 Å². The number of hydrogen-bond acceptors (Lipinski definition) is 3. The summed E-state index contributed by atoms with van der Waals surface area (Å²) in [5.41, 5.74) is 2.85. The van der Waals surface area contributed by atoms with Crippen molar-refractivity contribution < 1.29 is 4.74 Å². The van der Waals surface area contributed by atoms with Gasteiger partial charge in [0, 0.05) is 26.7 Å². The fraction of sp³-hybridized carbons (Fsp3) is 0.533. The van der Waals surface area contributed by atoms with Gasteiger partial charge < -0.3 is 15.0 Å². The van der Waals surface area contributed by atoms with Crippen LogP contribution in [0, 0.1) is 0 Å². The van der Waals surface area contributed by atoms with Crippen LogP contribution in [0.4, 0.5) is 0 Å². The molecule has 0 radical (unpaired) electrons. The molecule has 1 N–H and O–H groups in total. The first-order chi connectivity index (χ1) is 9.36. The lowest BCUT2D eigenvalue weighted by Gasteiger charge is -2.31. The molecule has 1 aromatic carbocycles. The van der Waals surface area contributed by atoms with E-state index in [0.717, 1.165) is 45.0 Å². The van der Waals surface area contributed by atoms with Crippen LogP contribution in [0.3, 0.4) is 0 Å². The Morgan fingerprint density at radius 2 is 2.21 bits per heavy atom. The van der Waals surface area contributed by atoms with Crippen LogP contribution in [0.5, 0.6) is 0 Å². The summed E-state index contributed by atoms with van der Waals surface area (Å²) in [6.45, 7) is 3.88. The maximum atomic E-state index is 6.03. The quantitative estimate of drug-likeness (QED) is 0.612. The van der Waals surface area contributed by atoms with Crippen LogP contribution in [0.1, 0.15) is 17.5 Å². The largest absolute Gasteiger partial charge is 0.460 e. The van der Waals surface area contributed by atoms with E-state index in [9.17, 15) is 0 Å². The second-order valence-electron chi connectivity index (χ2n) is 5.18. The number of rotatable bonds is 1. The molecular formula is C15H21N3O. The summed E-state index contributed by atoms with van der Waals surface area (Å²) in [6.07, 6.45) is 2.42. The van der Waals surface area contributed by atoms with Crippen molar-refractivity contribution >= 4 is 6.02 Å². The van der Waals surface area contributed by atoms with Gasteiger partial charge in [-0.3, -0.25) is 0 Å². The second kappa shape index (κ2) is 5.61. The molecule has 4 nitrogen and oxygen atoms in total.